The van der Waals surface area contributed by atoms with Crippen molar-refractivity contribution in [3.05, 3.63) is 101 Å². The summed E-state index contributed by atoms with van der Waals surface area (Å²) in [6.07, 6.45) is -0.0220. The van der Waals surface area contributed by atoms with Crippen molar-refractivity contribution in [3.8, 4) is 5.75 Å². The van der Waals surface area contributed by atoms with Crippen molar-refractivity contribution in [2.45, 2.75) is 25.5 Å². The quantitative estimate of drug-likeness (QED) is 0.596. The zero-order valence-corrected chi connectivity index (χ0v) is 15.9. The predicted molar refractivity (Wildman–Crippen MR) is 109 cm³/mol. The molecule has 0 aliphatic rings. The largest absolute Gasteiger partial charge is 0.481 e. The molecule has 138 valence electrons. The number of carbonyl (C=O) groups is 1. The van der Waals surface area contributed by atoms with Crippen LogP contribution in [-0.4, -0.2) is 12.0 Å². The van der Waals surface area contributed by atoms with Crippen molar-refractivity contribution < 1.29 is 9.53 Å². The molecule has 0 saturated heterocycles. The molecule has 0 saturated carbocycles. The van der Waals surface area contributed by atoms with Gasteiger partial charge in [-0.2, -0.15) is 0 Å². The summed E-state index contributed by atoms with van der Waals surface area (Å²) in [4.78, 5) is 12.9. The third-order valence-corrected chi connectivity index (χ3v) is 4.56. The normalized spacial score (nSPS) is 11.8. The van der Waals surface area contributed by atoms with Gasteiger partial charge in [0.1, 0.15) is 5.75 Å². The Morgan fingerprint density at radius 3 is 1.89 bits per heavy atom. The van der Waals surface area contributed by atoms with Gasteiger partial charge in [0, 0.05) is 5.02 Å². The summed E-state index contributed by atoms with van der Waals surface area (Å²) in [5, 5.41) is 3.77. The minimum Gasteiger partial charge on any atom is -0.481 e. The van der Waals surface area contributed by atoms with Crippen LogP contribution in [0.25, 0.3) is 0 Å². The lowest BCUT2D eigenvalue weighted by atomic mass is 9.98. The van der Waals surface area contributed by atoms with Gasteiger partial charge in [-0.3, -0.25) is 4.79 Å². The number of benzene rings is 3. The standard InChI is InChI=1S/C23H22ClNO2/c1-2-21(27-20-15-13-19(24)14-16-20)23(26)25-22(17-9-5-3-6-10-17)18-11-7-4-8-12-18/h3-16,21-22H,2H2,1H3,(H,25,26)/t21-/m0/s1. The monoisotopic (exact) mass is 379 g/mol. The first-order chi connectivity index (χ1) is 13.2. The van der Waals surface area contributed by atoms with Gasteiger partial charge >= 0.3 is 0 Å². The first kappa shape index (κ1) is 19.0. The van der Waals surface area contributed by atoms with Gasteiger partial charge in [-0.15, -0.1) is 0 Å². The Labute approximate surface area is 164 Å². The highest BCUT2D eigenvalue weighted by molar-refractivity contribution is 6.30. The van der Waals surface area contributed by atoms with Crippen molar-refractivity contribution in [3.63, 3.8) is 0 Å². The Bertz CT molecular complexity index is 811. The van der Waals surface area contributed by atoms with E-state index >= 15 is 0 Å². The molecule has 0 spiro atoms. The Kier molecular flexibility index (Phi) is 6.50. The predicted octanol–water partition coefficient (Wildman–Crippen LogP) is 5.40. The van der Waals surface area contributed by atoms with Gasteiger partial charge in [0.15, 0.2) is 6.10 Å². The van der Waals surface area contributed by atoms with Gasteiger partial charge in [0.2, 0.25) is 0 Å². The highest BCUT2D eigenvalue weighted by Gasteiger charge is 2.23. The zero-order valence-electron chi connectivity index (χ0n) is 15.1. The van der Waals surface area contributed by atoms with Crippen LogP contribution in [-0.2, 0) is 4.79 Å². The van der Waals surface area contributed by atoms with Crippen LogP contribution in [0, 0.1) is 0 Å². The van der Waals surface area contributed by atoms with E-state index in [-0.39, 0.29) is 11.9 Å². The fourth-order valence-corrected chi connectivity index (χ4v) is 3.01. The summed E-state index contributed by atoms with van der Waals surface area (Å²) >= 11 is 5.91. The highest BCUT2D eigenvalue weighted by Crippen LogP contribution is 2.23. The molecule has 0 aliphatic heterocycles. The van der Waals surface area contributed by atoms with Gasteiger partial charge < -0.3 is 10.1 Å². The molecule has 3 aromatic carbocycles. The third kappa shape index (κ3) is 5.11. The lowest BCUT2D eigenvalue weighted by Crippen LogP contribution is -2.40. The zero-order chi connectivity index (χ0) is 19.1. The van der Waals surface area contributed by atoms with E-state index in [0.29, 0.717) is 17.2 Å². The fraction of sp³-hybridized carbons (Fsp3) is 0.174. The molecule has 1 amide bonds. The smallest absolute Gasteiger partial charge is 0.261 e. The number of hydrogen-bond acceptors (Lipinski definition) is 2. The molecule has 0 bridgehead atoms. The number of rotatable bonds is 7. The minimum atomic E-state index is -0.582. The molecular formula is C23H22ClNO2. The van der Waals surface area contributed by atoms with E-state index in [0.717, 1.165) is 11.1 Å². The molecule has 3 rings (SSSR count). The SMILES string of the molecule is CC[C@H](Oc1ccc(Cl)cc1)C(=O)NC(c1ccccc1)c1ccccc1. The van der Waals surface area contributed by atoms with Crippen LogP contribution in [0.5, 0.6) is 5.75 Å². The number of hydrogen-bond donors (Lipinski definition) is 1. The molecule has 0 heterocycles. The fourth-order valence-electron chi connectivity index (χ4n) is 2.88. The summed E-state index contributed by atoms with van der Waals surface area (Å²) in [6, 6.07) is 26.7. The second-order valence-corrected chi connectivity index (χ2v) is 6.67. The van der Waals surface area contributed by atoms with Crippen LogP contribution in [0.2, 0.25) is 5.02 Å². The van der Waals surface area contributed by atoms with Crippen molar-refractivity contribution in [2.24, 2.45) is 0 Å². The molecule has 1 atom stereocenters. The van der Waals surface area contributed by atoms with Crippen LogP contribution >= 0.6 is 11.6 Å². The van der Waals surface area contributed by atoms with Crippen LogP contribution in [0.15, 0.2) is 84.9 Å². The number of carbonyl (C=O) groups excluding carboxylic acids is 1. The van der Waals surface area contributed by atoms with Crippen LogP contribution in [0.1, 0.15) is 30.5 Å². The lowest BCUT2D eigenvalue weighted by Gasteiger charge is -2.23. The van der Waals surface area contributed by atoms with E-state index in [2.05, 4.69) is 5.32 Å². The van der Waals surface area contributed by atoms with Gasteiger partial charge in [0.05, 0.1) is 6.04 Å². The Hall–Kier alpha value is -2.78. The number of amides is 1. The van der Waals surface area contributed by atoms with E-state index in [1.165, 1.54) is 0 Å². The van der Waals surface area contributed by atoms with Crippen molar-refractivity contribution in [1.82, 2.24) is 5.32 Å². The maximum Gasteiger partial charge on any atom is 0.261 e. The average molecular weight is 380 g/mol. The van der Waals surface area contributed by atoms with Crippen molar-refractivity contribution >= 4 is 17.5 Å². The van der Waals surface area contributed by atoms with E-state index in [4.69, 9.17) is 16.3 Å². The number of ether oxygens (including phenoxy) is 1. The Balaban J connectivity index is 1.79. The van der Waals surface area contributed by atoms with Gasteiger partial charge in [-0.25, -0.2) is 0 Å². The van der Waals surface area contributed by atoms with Gasteiger partial charge in [-0.05, 0) is 41.8 Å². The molecule has 3 aromatic rings. The molecule has 1 N–H and O–H groups in total. The molecule has 3 nitrogen and oxygen atoms in total. The molecule has 0 radical (unpaired) electrons. The lowest BCUT2D eigenvalue weighted by molar-refractivity contribution is -0.128. The number of halogens is 1. The molecule has 4 heteroatoms. The van der Waals surface area contributed by atoms with E-state index in [1.54, 1.807) is 24.3 Å². The van der Waals surface area contributed by atoms with Gasteiger partial charge in [-0.1, -0.05) is 79.2 Å². The first-order valence-electron chi connectivity index (χ1n) is 9.00. The Morgan fingerprint density at radius 2 is 1.41 bits per heavy atom. The second-order valence-electron chi connectivity index (χ2n) is 6.23. The summed E-state index contributed by atoms with van der Waals surface area (Å²) in [7, 11) is 0. The molecule has 0 aliphatic carbocycles. The first-order valence-corrected chi connectivity index (χ1v) is 9.37. The maximum atomic E-state index is 12.9. The van der Waals surface area contributed by atoms with Gasteiger partial charge in [0.25, 0.3) is 5.91 Å². The van der Waals surface area contributed by atoms with E-state index < -0.39 is 6.10 Å². The third-order valence-electron chi connectivity index (χ3n) is 4.31. The minimum absolute atomic E-state index is 0.148. The molecule has 27 heavy (non-hydrogen) atoms. The second kappa shape index (κ2) is 9.24. The summed E-state index contributed by atoms with van der Waals surface area (Å²) in [6.45, 7) is 1.93. The maximum absolute atomic E-state index is 12.9. The van der Waals surface area contributed by atoms with E-state index in [9.17, 15) is 4.79 Å². The summed E-state index contributed by atoms with van der Waals surface area (Å²) in [5.74, 6) is 0.475. The average Bonchev–Trinajstić information content (AvgIpc) is 2.72. The highest BCUT2D eigenvalue weighted by atomic mass is 35.5. The molecule has 0 aromatic heterocycles. The molecular weight excluding hydrogens is 358 g/mol. The molecule has 0 fully saturated rings. The number of nitrogens with one attached hydrogen (secondary N) is 1. The molecule has 0 unspecified atom stereocenters. The van der Waals surface area contributed by atoms with Crippen molar-refractivity contribution in [2.75, 3.05) is 0 Å². The summed E-state index contributed by atoms with van der Waals surface area (Å²) < 4.78 is 5.88. The van der Waals surface area contributed by atoms with E-state index in [1.807, 2.05) is 67.6 Å². The van der Waals surface area contributed by atoms with Crippen LogP contribution in [0.4, 0.5) is 0 Å². The van der Waals surface area contributed by atoms with Crippen molar-refractivity contribution in [1.29, 1.82) is 0 Å². The van der Waals surface area contributed by atoms with Crippen LogP contribution < -0.4 is 10.1 Å². The summed E-state index contributed by atoms with van der Waals surface area (Å²) in [5.41, 5.74) is 2.05. The topological polar surface area (TPSA) is 38.3 Å². The Morgan fingerprint density at radius 1 is 0.889 bits per heavy atom. The van der Waals surface area contributed by atoms with Crippen LogP contribution in [0.3, 0.4) is 0 Å².